The smallest absolute Gasteiger partial charge is 0.328 e. The zero-order valence-corrected chi connectivity index (χ0v) is 23.5. The number of rotatable bonds is 16. The van der Waals surface area contributed by atoms with Crippen molar-refractivity contribution in [2.45, 2.75) is 90.6 Å². The molecule has 10 heteroatoms. The summed E-state index contributed by atoms with van der Waals surface area (Å²) < 4.78 is 4.84. The van der Waals surface area contributed by atoms with E-state index < -0.39 is 48.1 Å². The number of methoxy groups -OCH3 is 1. The molecule has 7 N–H and O–H groups in total. The van der Waals surface area contributed by atoms with Crippen molar-refractivity contribution in [2.24, 2.45) is 29.2 Å². The van der Waals surface area contributed by atoms with Gasteiger partial charge in [-0.15, -0.1) is 0 Å². The van der Waals surface area contributed by atoms with Gasteiger partial charge in [0.25, 0.3) is 5.91 Å². The topological polar surface area (TPSA) is 174 Å². The summed E-state index contributed by atoms with van der Waals surface area (Å²) in [7, 11) is 1.23. The van der Waals surface area contributed by atoms with Crippen LogP contribution in [0.5, 0.6) is 0 Å². The Morgan fingerprint density at radius 2 is 1.53 bits per heavy atom. The number of benzene rings is 1. The Labute approximate surface area is 226 Å². The lowest BCUT2D eigenvalue weighted by atomic mass is 9.90. The van der Waals surface area contributed by atoms with Gasteiger partial charge in [-0.1, -0.05) is 65.0 Å². The van der Waals surface area contributed by atoms with Crippen molar-refractivity contribution in [3.63, 3.8) is 0 Å². The van der Waals surface area contributed by atoms with E-state index in [9.17, 15) is 24.3 Å². The van der Waals surface area contributed by atoms with Gasteiger partial charge >= 0.3 is 5.97 Å². The normalized spacial score (nSPS) is 16.2. The monoisotopic (exact) mass is 534 g/mol. The number of Topliss-reactive ketones (excluding diaryl/α,β-unsaturated/α-hetero) is 1. The molecule has 38 heavy (non-hydrogen) atoms. The fourth-order valence-corrected chi connectivity index (χ4v) is 4.23. The zero-order chi connectivity index (χ0) is 29.0. The van der Waals surface area contributed by atoms with Crippen LogP contribution >= 0.6 is 0 Å². The minimum Gasteiger partial charge on any atom is -0.467 e. The summed E-state index contributed by atoms with van der Waals surface area (Å²) in [5.74, 6) is -2.33. The lowest BCUT2D eigenvalue weighted by Crippen LogP contribution is -2.57. The van der Waals surface area contributed by atoms with Crippen LogP contribution in [0.3, 0.4) is 0 Å². The maximum atomic E-state index is 13.1. The van der Waals surface area contributed by atoms with E-state index in [4.69, 9.17) is 16.2 Å². The predicted octanol–water partition coefficient (Wildman–Crippen LogP) is 1.07. The number of amides is 2. The molecule has 10 nitrogen and oxygen atoms in total. The Morgan fingerprint density at radius 1 is 0.921 bits per heavy atom. The highest BCUT2D eigenvalue weighted by Gasteiger charge is 2.33. The molecule has 0 aliphatic rings. The second kappa shape index (κ2) is 16.2. The standard InChI is InChI=1S/C28H46N4O6/c1-16(2)12-20(29)23(33)14-18(5)13-21(30)25(34)27(36)32-24(17(3)4)26(35)31-22(28(37)38-6)15-19-10-8-7-9-11-19/h7-11,16-18,20-22,24-25,34H,12-15,29-30H2,1-6H3,(H,31,35)(H,32,36)/t18?,20-,21-,22-,24-,25+/m0/s1. The number of hydrogen-bond donors (Lipinski definition) is 5. The molecule has 1 aromatic carbocycles. The molecule has 1 rings (SSSR count). The third-order valence-corrected chi connectivity index (χ3v) is 6.37. The highest BCUT2D eigenvalue weighted by molar-refractivity contribution is 5.92. The molecular formula is C28H46N4O6. The van der Waals surface area contributed by atoms with Gasteiger partial charge in [-0.3, -0.25) is 14.4 Å². The van der Waals surface area contributed by atoms with Gasteiger partial charge in [-0.05, 0) is 36.2 Å². The van der Waals surface area contributed by atoms with E-state index in [-0.39, 0.29) is 36.9 Å². The van der Waals surface area contributed by atoms with E-state index >= 15 is 0 Å². The van der Waals surface area contributed by atoms with Crippen LogP contribution in [0.4, 0.5) is 0 Å². The first kappa shape index (κ1) is 33.2. The maximum absolute atomic E-state index is 13.1. The molecule has 0 saturated heterocycles. The van der Waals surface area contributed by atoms with Gasteiger partial charge < -0.3 is 31.9 Å². The lowest BCUT2D eigenvalue weighted by molar-refractivity contribution is -0.145. The van der Waals surface area contributed by atoms with E-state index in [2.05, 4.69) is 10.6 Å². The van der Waals surface area contributed by atoms with Gasteiger partial charge in [0, 0.05) is 18.9 Å². The quantitative estimate of drug-likeness (QED) is 0.196. The molecule has 214 valence electrons. The molecule has 0 heterocycles. The molecule has 2 amide bonds. The fraction of sp³-hybridized carbons (Fsp3) is 0.643. The molecule has 0 radical (unpaired) electrons. The van der Waals surface area contributed by atoms with Gasteiger partial charge in [0.15, 0.2) is 0 Å². The summed E-state index contributed by atoms with van der Waals surface area (Å²) >= 11 is 0. The Hall–Kier alpha value is -2.82. The highest BCUT2D eigenvalue weighted by Crippen LogP contribution is 2.16. The van der Waals surface area contributed by atoms with Gasteiger partial charge in [-0.2, -0.15) is 0 Å². The SMILES string of the molecule is COC(=O)[C@H](Cc1ccccc1)NC(=O)[C@@H](NC(=O)[C@H](O)[C@@H](N)CC(C)CC(=O)[C@@H](N)CC(C)C)C(C)C. The third-order valence-electron chi connectivity index (χ3n) is 6.37. The highest BCUT2D eigenvalue weighted by atomic mass is 16.5. The zero-order valence-electron chi connectivity index (χ0n) is 23.5. The molecular weight excluding hydrogens is 488 g/mol. The van der Waals surface area contributed by atoms with Crippen LogP contribution in [-0.4, -0.2) is 66.1 Å². The summed E-state index contributed by atoms with van der Waals surface area (Å²) in [6.07, 6.45) is -0.378. The summed E-state index contributed by atoms with van der Waals surface area (Å²) in [6.45, 7) is 9.26. The summed E-state index contributed by atoms with van der Waals surface area (Å²) in [5, 5.41) is 15.8. The van der Waals surface area contributed by atoms with Crippen LogP contribution in [0, 0.1) is 17.8 Å². The maximum Gasteiger partial charge on any atom is 0.328 e. The number of hydrogen-bond acceptors (Lipinski definition) is 8. The predicted molar refractivity (Wildman–Crippen MR) is 146 cm³/mol. The number of nitrogens with two attached hydrogens (primary N) is 2. The molecule has 0 fully saturated rings. The number of ketones is 1. The summed E-state index contributed by atoms with van der Waals surface area (Å²) in [5.41, 5.74) is 12.9. The van der Waals surface area contributed by atoms with Crippen molar-refractivity contribution in [1.82, 2.24) is 10.6 Å². The van der Waals surface area contributed by atoms with E-state index in [1.54, 1.807) is 13.8 Å². The van der Waals surface area contributed by atoms with Crippen molar-refractivity contribution < 1.29 is 29.0 Å². The number of nitrogens with one attached hydrogen (secondary N) is 2. The van der Waals surface area contributed by atoms with Crippen LogP contribution < -0.4 is 22.1 Å². The van der Waals surface area contributed by atoms with Crippen molar-refractivity contribution in [2.75, 3.05) is 7.11 Å². The van der Waals surface area contributed by atoms with E-state index in [0.29, 0.717) is 12.3 Å². The summed E-state index contributed by atoms with van der Waals surface area (Å²) in [4.78, 5) is 50.6. The van der Waals surface area contributed by atoms with Crippen LogP contribution in [0.1, 0.15) is 59.4 Å². The molecule has 0 aromatic heterocycles. The number of ether oxygens (including phenoxy) is 1. The Kier molecular flexibility index (Phi) is 14.2. The summed E-state index contributed by atoms with van der Waals surface area (Å²) in [6, 6.07) is 5.66. The van der Waals surface area contributed by atoms with Crippen LogP contribution in [-0.2, 0) is 30.3 Å². The number of carbonyl (C=O) groups excluding carboxylic acids is 4. The molecule has 1 aromatic rings. The molecule has 0 aliphatic carbocycles. The first-order valence-electron chi connectivity index (χ1n) is 13.2. The van der Waals surface area contributed by atoms with Crippen molar-refractivity contribution >= 4 is 23.6 Å². The average Bonchev–Trinajstić information content (AvgIpc) is 2.85. The van der Waals surface area contributed by atoms with Crippen LogP contribution in [0.25, 0.3) is 0 Å². The van der Waals surface area contributed by atoms with Crippen LogP contribution in [0.15, 0.2) is 30.3 Å². The fourth-order valence-electron chi connectivity index (χ4n) is 4.23. The largest absolute Gasteiger partial charge is 0.467 e. The first-order valence-corrected chi connectivity index (χ1v) is 13.2. The molecule has 1 unspecified atom stereocenters. The average molecular weight is 535 g/mol. The lowest BCUT2D eigenvalue weighted by Gasteiger charge is -2.27. The van der Waals surface area contributed by atoms with Crippen LogP contribution in [0.2, 0.25) is 0 Å². The van der Waals surface area contributed by atoms with Gasteiger partial charge in [0.1, 0.15) is 24.0 Å². The van der Waals surface area contributed by atoms with Crippen molar-refractivity contribution in [3.8, 4) is 0 Å². The molecule has 6 atom stereocenters. The van der Waals surface area contributed by atoms with E-state index in [1.807, 2.05) is 51.1 Å². The Balaban J connectivity index is 2.78. The Bertz CT molecular complexity index is 908. The molecule has 0 aliphatic heterocycles. The van der Waals surface area contributed by atoms with Gasteiger partial charge in [0.2, 0.25) is 5.91 Å². The molecule has 0 spiro atoms. The molecule has 0 bridgehead atoms. The van der Waals surface area contributed by atoms with Crippen molar-refractivity contribution in [1.29, 1.82) is 0 Å². The molecule has 0 saturated carbocycles. The third kappa shape index (κ3) is 11.3. The van der Waals surface area contributed by atoms with E-state index in [0.717, 1.165) is 5.56 Å². The van der Waals surface area contributed by atoms with E-state index in [1.165, 1.54) is 7.11 Å². The number of aliphatic hydroxyl groups is 1. The van der Waals surface area contributed by atoms with Gasteiger partial charge in [0.05, 0.1) is 13.2 Å². The second-order valence-corrected chi connectivity index (χ2v) is 10.9. The Morgan fingerprint density at radius 3 is 2.05 bits per heavy atom. The second-order valence-electron chi connectivity index (χ2n) is 10.9. The van der Waals surface area contributed by atoms with Gasteiger partial charge in [-0.25, -0.2) is 4.79 Å². The minimum atomic E-state index is -1.59. The number of carbonyl (C=O) groups is 4. The van der Waals surface area contributed by atoms with Crippen molar-refractivity contribution in [3.05, 3.63) is 35.9 Å². The first-order chi connectivity index (χ1) is 17.8. The number of aliphatic hydroxyl groups excluding tert-OH is 1. The minimum absolute atomic E-state index is 0.0791. The number of esters is 1.